The Labute approximate surface area is 104 Å². The van der Waals surface area contributed by atoms with E-state index >= 15 is 0 Å². The second-order valence-electron chi connectivity index (χ2n) is 5.97. The first-order valence-electron chi connectivity index (χ1n) is 5.66. The van der Waals surface area contributed by atoms with Crippen molar-refractivity contribution in [3.63, 3.8) is 0 Å². The zero-order valence-electron chi connectivity index (χ0n) is 11.9. The van der Waals surface area contributed by atoms with Crippen LogP contribution in [0.2, 0.25) is 45.8 Å². The maximum Gasteiger partial charge on any atom is 0.255 e. The molecule has 0 saturated carbocycles. The average molecular weight is 269 g/mol. The van der Waals surface area contributed by atoms with Gasteiger partial charge in [-0.1, -0.05) is 0 Å². The molecule has 0 fully saturated rings. The molecule has 0 spiro atoms. The number of rotatable bonds is 2. The van der Waals surface area contributed by atoms with Gasteiger partial charge >= 0.3 is 0 Å². The van der Waals surface area contributed by atoms with Crippen molar-refractivity contribution >= 4 is 24.7 Å². The van der Waals surface area contributed by atoms with Crippen LogP contribution < -0.4 is 0 Å². The fraction of sp³-hybridized carbons (Fsp3) is 0.667. The van der Waals surface area contributed by atoms with Crippen LogP contribution in [0.15, 0.2) is 0 Å². The van der Waals surface area contributed by atoms with Gasteiger partial charge in [0.25, 0.3) is 8.32 Å². The summed E-state index contributed by atoms with van der Waals surface area (Å²) < 4.78 is 6.18. The van der Waals surface area contributed by atoms with Gasteiger partial charge in [-0.15, -0.1) is 22.6 Å². The molecule has 0 bridgehead atoms. The lowest BCUT2D eigenvalue weighted by atomic mass is 10.8. The highest BCUT2D eigenvalue weighted by atomic mass is 28.4. The van der Waals surface area contributed by atoms with Gasteiger partial charge in [-0.2, -0.15) is 0 Å². The molecule has 0 aromatic rings. The lowest BCUT2D eigenvalue weighted by Gasteiger charge is -2.27. The zero-order valence-corrected chi connectivity index (χ0v) is 14.9. The normalized spacial score (nSPS) is 12.2. The van der Waals surface area contributed by atoms with Crippen molar-refractivity contribution in [1.29, 1.82) is 0 Å². The summed E-state index contributed by atoms with van der Waals surface area (Å²) in [6.45, 7) is 17.3. The minimum absolute atomic E-state index is 1.47. The third kappa shape index (κ3) is 7.95. The molecule has 90 valence electrons. The molecule has 0 rings (SSSR count). The Bertz CT molecular complexity index is 356. The average Bonchev–Trinajstić information content (AvgIpc) is 1.97. The third-order valence-corrected chi connectivity index (χ3v) is 8.77. The molecular formula is C12H24OSi3. The molecule has 0 amide bonds. The van der Waals surface area contributed by atoms with Crippen LogP contribution in [0, 0.1) is 22.6 Å². The van der Waals surface area contributed by atoms with E-state index in [1.807, 2.05) is 6.92 Å². The number of hydrogen-bond donors (Lipinski definition) is 0. The van der Waals surface area contributed by atoms with Crippen molar-refractivity contribution in [3.05, 3.63) is 0 Å². The standard InChI is InChI=1S/C12H24OSi3/c1-9-10-15(5,6)11-12-16(7,8)13-14(2,3)4/h1-8H3. The summed E-state index contributed by atoms with van der Waals surface area (Å²) in [6.07, 6.45) is 0. The SMILES string of the molecule is CC#C[Si](C)(C)C#C[Si](C)(C)O[Si](C)(C)C. The topological polar surface area (TPSA) is 9.23 Å². The highest BCUT2D eigenvalue weighted by Crippen LogP contribution is 2.13. The van der Waals surface area contributed by atoms with Crippen LogP contribution in [0.1, 0.15) is 6.92 Å². The monoisotopic (exact) mass is 268 g/mol. The maximum atomic E-state index is 6.18. The van der Waals surface area contributed by atoms with Gasteiger partial charge in [-0.25, -0.2) is 0 Å². The number of hydrogen-bond acceptors (Lipinski definition) is 1. The van der Waals surface area contributed by atoms with E-state index in [0.29, 0.717) is 0 Å². The van der Waals surface area contributed by atoms with Gasteiger partial charge in [0.1, 0.15) is 0 Å². The molecule has 0 aromatic heterocycles. The summed E-state index contributed by atoms with van der Waals surface area (Å²) in [4.78, 5) is 0. The highest BCUT2D eigenvalue weighted by Gasteiger charge is 2.28. The van der Waals surface area contributed by atoms with E-state index in [0.717, 1.165) is 0 Å². The highest BCUT2D eigenvalue weighted by molar-refractivity contribution is 6.95. The van der Waals surface area contributed by atoms with Gasteiger partial charge in [-0.3, -0.25) is 0 Å². The molecule has 0 aliphatic rings. The quantitative estimate of drug-likeness (QED) is 0.551. The molecule has 0 aliphatic heterocycles. The predicted octanol–water partition coefficient (Wildman–Crippen LogP) is 3.40. The maximum absolute atomic E-state index is 6.18. The van der Waals surface area contributed by atoms with Crippen LogP contribution >= 0.6 is 0 Å². The summed E-state index contributed by atoms with van der Waals surface area (Å²) in [6, 6.07) is 0. The Balaban J connectivity index is 4.82. The Morgan fingerprint density at radius 2 is 1.25 bits per heavy atom. The molecule has 0 N–H and O–H groups in total. The molecule has 0 aromatic carbocycles. The van der Waals surface area contributed by atoms with Gasteiger partial charge in [-0.05, 0) is 52.8 Å². The Kier molecular flexibility index (Phi) is 5.28. The van der Waals surface area contributed by atoms with Gasteiger partial charge in [0.15, 0.2) is 8.32 Å². The molecule has 0 heterocycles. The van der Waals surface area contributed by atoms with Crippen LogP contribution in [0.5, 0.6) is 0 Å². The predicted molar refractivity (Wildman–Crippen MR) is 80.6 cm³/mol. The molecule has 16 heavy (non-hydrogen) atoms. The van der Waals surface area contributed by atoms with Gasteiger partial charge in [0.2, 0.25) is 8.07 Å². The summed E-state index contributed by atoms with van der Waals surface area (Å²) in [5.41, 5.74) is 10.0. The molecule has 0 unspecified atom stereocenters. The Morgan fingerprint density at radius 1 is 0.750 bits per heavy atom. The van der Waals surface area contributed by atoms with Gasteiger partial charge in [0, 0.05) is 0 Å². The van der Waals surface area contributed by atoms with Crippen LogP contribution in [-0.4, -0.2) is 24.7 Å². The van der Waals surface area contributed by atoms with E-state index in [2.05, 4.69) is 68.4 Å². The van der Waals surface area contributed by atoms with Crippen molar-refractivity contribution in [3.8, 4) is 22.6 Å². The minimum Gasteiger partial charge on any atom is -0.447 e. The third-order valence-electron chi connectivity index (χ3n) is 1.67. The second-order valence-corrected chi connectivity index (χ2v) is 18.0. The van der Waals surface area contributed by atoms with E-state index in [1.54, 1.807) is 0 Å². The summed E-state index contributed by atoms with van der Waals surface area (Å²) in [5, 5.41) is 0. The van der Waals surface area contributed by atoms with E-state index < -0.39 is 24.7 Å². The van der Waals surface area contributed by atoms with Gasteiger partial charge in [0.05, 0.1) is 0 Å². The largest absolute Gasteiger partial charge is 0.447 e. The first-order chi connectivity index (χ1) is 6.97. The summed E-state index contributed by atoms with van der Waals surface area (Å²) in [5.74, 6) is 2.99. The van der Waals surface area contributed by atoms with Crippen LogP contribution in [0.4, 0.5) is 0 Å². The Morgan fingerprint density at radius 3 is 1.62 bits per heavy atom. The van der Waals surface area contributed by atoms with E-state index in [1.165, 1.54) is 0 Å². The minimum atomic E-state index is -1.81. The van der Waals surface area contributed by atoms with Crippen LogP contribution in [-0.2, 0) is 4.12 Å². The molecular weight excluding hydrogens is 244 g/mol. The van der Waals surface area contributed by atoms with Gasteiger partial charge < -0.3 is 4.12 Å². The Hall–Kier alpha value is -0.269. The molecule has 1 nitrogen and oxygen atoms in total. The first-order valence-corrected chi connectivity index (χ1v) is 15.0. The van der Waals surface area contributed by atoms with E-state index in [4.69, 9.17) is 4.12 Å². The molecule has 0 aliphatic carbocycles. The summed E-state index contributed by atoms with van der Waals surface area (Å²) in [7, 11) is -4.92. The first kappa shape index (κ1) is 15.7. The van der Waals surface area contributed by atoms with E-state index in [9.17, 15) is 0 Å². The lowest BCUT2D eigenvalue weighted by Crippen LogP contribution is -2.42. The van der Waals surface area contributed by atoms with Crippen molar-refractivity contribution in [2.75, 3.05) is 0 Å². The van der Waals surface area contributed by atoms with Crippen LogP contribution in [0.3, 0.4) is 0 Å². The summed E-state index contributed by atoms with van der Waals surface area (Å²) >= 11 is 0. The van der Waals surface area contributed by atoms with Crippen molar-refractivity contribution in [2.24, 2.45) is 0 Å². The smallest absolute Gasteiger partial charge is 0.255 e. The van der Waals surface area contributed by atoms with Crippen molar-refractivity contribution < 1.29 is 4.12 Å². The fourth-order valence-electron chi connectivity index (χ4n) is 1.44. The second kappa shape index (κ2) is 5.38. The van der Waals surface area contributed by atoms with Crippen LogP contribution in [0.25, 0.3) is 0 Å². The molecule has 0 saturated heterocycles. The molecule has 0 radical (unpaired) electrons. The van der Waals surface area contributed by atoms with Crippen molar-refractivity contribution in [1.82, 2.24) is 0 Å². The molecule has 0 atom stereocenters. The lowest BCUT2D eigenvalue weighted by molar-refractivity contribution is 0.567. The zero-order chi connectivity index (χ0) is 13.0. The fourth-order valence-corrected chi connectivity index (χ4v) is 10.9. The molecule has 4 heteroatoms. The van der Waals surface area contributed by atoms with Crippen molar-refractivity contribution in [2.45, 2.75) is 52.8 Å². The van der Waals surface area contributed by atoms with E-state index in [-0.39, 0.29) is 0 Å².